The first-order valence-electron chi connectivity index (χ1n) is 8.22. The number of thiazole rings is 1. The number of hydrogen-bond donors (Lipinski definition) is 1. The maximum atomic E-state index is 12.6. The van der Waals surface area contributed by atoms with E-state index in [1.807, 2.05) is 12.3 Å². The molecule has 0 saturated carbocycles. The van der Waals surface area contributed by atoms with E-state index in [2.05, 4.69) is 19.9 Å². The van der Waals surface area contributed by atoms with E-state index in [1.54, 1.807) is 42.5 Å². The van der Waals surface area contributed by atoms with Crippen molar-refractivity contribution in [2.45, 2.75) is 30.7 Å². The number of Topliss-reactive ketones (excluding diaryl/α,β-unsaturated/α-hetero) is 1. The normalized spacial score (nSPS) is 12.7. The third kappa shape index (κ3) is 5.63. The van der Waals surface area contributed by atoms with Crippen LogP contribution >= 0.6 is 23.1 Å². The molecule has 0 fully saturated rings. The lowest BCUT2D eigenvalue weighted by molar-refractivity contribution is 0.0993. The van der Waals surface area contributed by atoms with Crippen LogP contribution in [0.15, 0.2) is 39.3 Å². The van der Waals surface area contributed by atoms with Gasteiger partial charge in [0.1, 0.15) is 0 Å². The molecular formula is C17H18N4O4S3. The van der Waals surface area contributed by atoms with E-state index in [9.17, 15) is 13.2 Å². The predicted molar refractivity (Wildman–Crippen MR) is 109 cm³/mol. The first-order chi connectivity index (χ1) is 13.2. The highest BCUT2D eigenvalue weighted by atomic mass is 32.2. The van der Waals surface area contributed by atoms with Gasteiger partial charge in [-0.05, 0) is 38.1 Å². The molecule has 148 valence electrons. The van der Waals surface area contributed by atoms with Gasteiger partial charge in [-0.1, -0.05) is 11.8 Å². The Morgan fingerprint density at radius 1 is 1.29 bits per heavy atom. The Morgan fingerprint density at radius 2 is 2.00 bits per heavy atom. The number of aromatic nitrogens is 3. The van der Waals surface area contributed by atoms with Crippen LogP contribution < -0.4 is 4.72 Å². The second-order valence-corrected chi connectivity index (χ2v) is 10.2. The fourth-order valence-electron chi connectivity index (χ4n) is 2.36. The largest absolute Gasteiger partial charge is 0.416 e. The lowest BCUT2D eigenvalue weighted by atomic mass is 10.1. The molecule has 2 heterocycles. The van der Waals surface area contributed by atoms with Gasteiger partial charge in [-0.15, -0.1) is 21.5 Å². The fraction of sp³-hybridized carbons (Fsp3) is 0.294. The van der Waals surface area contributed by atoms with Crippen molar-refractivity contribution >= 4 is 44.6 Å². The van der Waals surface area contributed by atoms with E-state index in [1.165, 1.54) is 11.8 Å². The van der Waals surface area contributed by atoms with Crippen LogP contribution in [-0.4, -0.2) is 40.9 Å². The van der Waals surface area contributed by atoms with E-state index < -0.39 is 15.3 Å². The van der Waals surface area contributed by atoms with Crippen molar-refractivity contribution in [1.82, 2.24) is 15.2 Å². The monoisotopic (exact) mass is 438 g/mol. The van der Waals surface area contributed by atoms with Crippen molar-refractivity contribution in [1.29, 1.82) is 0 Å². The SMILES string of the molecule is Cc1nc(Cc2nnc(SC(C)C(=O)c3ccc(NS(C)(=O)=O)cc3)o2)cs1. The van der Waals surface area contributed by atoms with E-state index >= 15 is 0 Å². The number of benzene rings is 1. The molecule has 3 aromatic rings. The maximum absolute atomic E-state index is 12.6. The van der Waals surface area contributed by atoms with Gasteiger partial charge in [0.2, 0.25) is 15.9 Å². The molecule has 0 spiro atoms. The number of carbonyl (C=O) groups excluding carboxylic acids is 1. The maximum Gasteiger partial charge on any atom is 0.277 e. The lowest BCUT2D eigenvalue weighted by Gasteiger charge is -2.09. The number of nitrogens with zero attached hydrogens (tertiary/aromatic N) is 3. The minimum atomic E-state index is -3.36. The molecule has 28 heavy (non-hydrogen) atoms. The van der Waals surface area contributed by atoms with Crippen LogP contribution in [0.3, 0.4) is 0 Å². The Morgan fingerprint density at radius 3 is 2.61 bits per heavy atom. The van der Waals surface area contributed by atoms with E-state index in [-0.39, 0.29) is 5.78 Å². The Bertz CT molecular complexity index is 1070. The number of ketones is 1. The molecule has 1 unspecified atom stereocenters. The zero-order chi connectivity index (χ0) is 20.3. The molecule has 0 amide bonds. The average molecular weight is 439 g/mol. The fourth-order valence-corrected chi connectivity index (χ4v) is 4.31. The Hall–Kier alpha value is -2.24. The van der Waals surface area contributed by atoms with Gasteiger partial charge in [-0.25, -0.2) is 13.4 Å². The summed E-state index contributed by atoms with van der Waals surface area (Å²) >= 11 is 2.74. The van der Waals surface area contributed by atoms with Crippen LogP contribution in [-0.2, 0) is 16.4 Å². The zero-order valence-electron chi connectivity index (χ0n) is 15.4. The van der Waals surface area contributed by atoms with Crippen LogP contribution in [0, 0.1) is 6.92 Å². The summed E-state index contributed by atoms with van der Waals surface area (Å²) in [6.07, 6.45) is 1.52. The average Bonchev–Trinajstić information content (AvgIpc) is 3.22. The molecule has 0 saturated heterocycles. The van der Waals surface area contributed by atoms with Crippen molar-refractivity contribution in [3.05, 3.63) is 51.8 Å². The summed E-state index contributed by atoms with van der Waals surface area (Å²) in [5.41, 5.74) is 1.74. The summed E-state index contributed by atoms with van der Waals surface area (Å²) in [4.78, 5) is 16.9. The third-order valence-electron chi connectivity index (χ3n) is 3.57. The molecule has 1 atom stereocenters. The molecule has 0 aliphatic rings. The van der Waals surface area contributed by atoms with Crippen LogP contribution in [0.25, 0.3) is 0 Å². The van der Waals surface area contributed by atoms with Crippen molar-refractivity contribution in [3.8, 4) is 0 Å². The molecule has 0 radical (unpaired) electrons. The highest BCUT2D eigenvalue weighted by Gasteiger charge is 2.20. The topological polar surface area (TPSA) is 115 Å². The van der Waals surface area contributed by atoms with Crippen molar-refractivity contribution in [3.63, 3.8) is 0 Å². The summed E-state index contributed by atoms with van der Waals surface area (Å²) in [7, 11) is -3.36. The Balaban J connectivity index is 1.61. The standard InChI is InChI=1S/C17H18N4O4S3/c1-10(16(22)12-4-6-13(7-5-12)21-28(3,23)24)27-17-20-19-15(25-17)8-14-9-26-11(2)18-14/h4-7,9-10,21H,8H2,1-3H3. The quantitative estimate of drug-likeness (QED) is 0.421. The lowest BCUT2D eigenvalue weighted by Crippen LogP contribution is -2.14. The number of rotatable bonds is 8. The summed E-state index contributed by atoms with van der Waals surface area (Å²) in [6.45, 7) is 3.68. The summed E-state index contributed by atoms with van der Waals surface area (Å²) < 4.78 is 30.4. The van der Waals surface area contributed by atoms with E-state index in [4.69, 9.17) is 4.42 Å². The Labute approximate surface area is 170 Å². The third-order valence-corrected chi connectivity index (χ3v) is 5.93. The molecule has 0 aliphatic carbocycles. The zero-order valence-corrected chi connectivity index (χ0v) is 17.8. The number of sulfonamides is 1. The van der Waals surface area contributed by atoms with Crippen LogP contribution in [0.4, 0.5) is 5.69 Å². The molecule has 0 aliphatic heterocycles. The summed E-state index contributed by atoms with van der Waals surface area (Å²) in [6, 6.07) is 6.26. The second-order valence-electron chi connectivity index (χ2n) is 6.07. The summed E-state index contributed by atoms with van der Waals surface area (Å²) in [5.74, 6) is 0.328. The van der Waals surface area contributed by atoms with Gasteiger partial charge < -0.3 is 4.42 Å². The molecule has 2 aromatic heterocycles. The van der Waals surface area contributed by atoms with E-state index in [0.29, 0.717) is 28.8 Å². The molecule has 8 nitrogen and oxygen atoms in total. The van der Waals surface area contributed by atoms with Gasteiger partial charge in [0.05, 0.1) is 28.6 Å². The molecule has 11 heteroatoms. The Kier molecular flexibility index (Phi) is 6.16. The molecule has 3 rings (SSSR count). The van der Waals surface area contributed by atoms with Crippen LogP contribution in [0.2, 0.25) is 0 Å². The number of hydrogen-bond acceptors (Lipinski definition) is 9. The van der Waals surface area contributed by atoms with Gasteiger partial charge in [-0.2, -0.15) is 0 Å². The van der Waals surface area contributed by atoms with Gasteiger partial charge in [0.25, 0.3) is 5.22 Å². The van der Waals surface area contributed by atoms with Gasteiger partial charge in [0, 0.05) is 16.6 Å². The van der Waals surface area contributed by atoms with Gasteiger partial charge in [0.15, 0.2) is 5.78 Å². The number of nitrogens with one attached hydrogen (secondary N) is 1. The summed E-state index contributed by atoms with van der Waals surface area (Å²) in [5, 5.41) is 10.8. The molecule has 0 bridgehead atoms. The minimum Gasteiger partial charge on any atom is -0.416 e. The first kappa shape index (κ1) is 20.5. The van der Waals surface area contributed by atoms with Crippen LogP contribution in [0.5, 0.6) is 0 Å². The highest BCUT2D eigenvalue weighted by Crippen LogP contribution is 2.26. The predicted octanol–water partition coefficient (Wildman–Crippen LogP) is 3.16. The van der Waals surface area contributed by atoms with Crippen molar-refractivity contribution in [2.24, 2.45) is 0 Å². The molecule has 1 N–H and O–H groups in total. The minimum absolute atomic E-state index is 0.120. The van der Waals surface area contributed by atoms with Crippen molar-refractivity contribution < 1.29 is 17.6 Å². The number of carbonyl (C=O) groups is 1. The van der Waals surface area contributed by atoms with E-state index in [0.717, 1.165) is 17.0 Å². The molecule has 1 aromatic carbocycles. The smallest absolute Gasteiger partial charge is 0.277 e. The number of aryl methyl sites for hydroxylation is 1. The highest BCUT2D eigenvalue weighted by molar-refractivity contribution is 8.00. The number of thioether (sulfide) groups is 1. The van der Waals surface area contributed by atoms with Crippen LogP contribution in [0.1, 0.15) is 33.9 Å². The second kappa shape index (κ2) is 8.41. The molecular weight excluding hydrogens is 420 g/mol. The van der Waals surface area contributed by atoms with Crippen molar-refractivity contribution in [2.75, 3.05) is 11.0 Å². The first-order valence-corrected chi connectivity index (χ1v) is 11.9. The van der Waals surface area contributed by atoms with Gasteiger partial charge >= 0.3 is 0 Å². The number of anilines is 1. The van der Waals surface area contributed by atoms with Gasteiger partial charge in [-0.3, -0.25) is 9.52 Å².